The van der Waals surface area contributed by atoms with Crippen molar-refractivity contribution in [1.29, 1.82) is 0 Å². The van der Waals surface area contributed by atoms with Gasteiger partial charge < -0.3 is 5.32 Å². The third kappa shape index (κ3) is 5.27. The van der Waals surface area contributed by atoms with Gasteiger partial charge in [-0.3, -0.25) is 4.79 Å². The van der Waals surface area contributed by atoms with E-state index in [9.17, 15) is 26.4 Å². The van der Waals surface area contributed by atoms with Crippen LogP contribution in [0.4, 0.5) is 13.2 Å². The van der Waals surface area contributed by atoms with Gasteiger partial charge in [-0.25, -0.2) is 21.6 Å². The number of hydrogen-bond donors (Lipinski definition) is 1. The number of hydrogen-bond acceptors (Lipinski definition) is 3. The minimum absolute atomic E-state index is 0.0725. The Labute approximate surface area is 180 Å². The molecule has 1 amide bonds. The van der Waals surface area contributed by atoms with Crippen LogP contribution in [0.1, 0.15) is 38.3 Å². The van der Waals surface area contributed by atoms with Crippen LogP contribution < -0.4 is 5.32 Å². The molecule has 5 nitrogen and oxygen atoms in total. The Morgan fingerprint density at radius 3 is 2.16 bits per heavy atom. The molecule has 0 radical (unpaired) electrons. The Balaban J connectivity index is 1.64. The molecule has 2 aromatic carbocycles. The maximum atomic E-state index is 13.5. The van der Waals surface area contributed by atoms with Crippen molar-refractivity contribution in [3.05, 3.63) is 65.5 Å². The molecule has 1 aliphatic heterocycles. The van der Waals surface area contributed by atoms with Gasteiger partial charge in [-0.15, -0.1) is 0 Å². The van der Waals surface area contributed by atoms with E-state index in [1.165, 1.54) is 16.4 Å². The zero-order valence-electron chi connectivity index (χ0n) is 17.3. The predicted octanol–water partition coefficient (Wildman–Crippen LogP) is 4.02. The molecule has 3 rings (SSSR count). The normalized spacial score (nSPS) is 17.0. The molecule has 1 heterocycles. The summed E-state index contributed by atoms with van der Waals surface area (Å²) in [7, 11) is -3.97. The summed E-state index contributed by atoms with van der Waals surface area (Å²) in [6.45, 7) is 4.10. The lowest BCUT2D eigenvalue weighted by molar-refractivity contribution is -0.127. The lowest BCUT2D eigenvalue weighted by Gasteiger charge is -2.32. The fourth-order valence-electron chi connectivity index (χ4n) is 3.72. The van der Waals surface area contributed by atoms with Crippen LogP contribution in [-0.4, -0.2) is 31.7 Å². The lowest BCUT2D eigenvalue weighted by atomic mass is 9.92. The van der Waals surface area contributed by atoms with Crippen LogP contribution in [0.25, 0.3) is 0 Å². The third-order valence-electron chi connectivity index (χ3n) is 5.55. The monoisotopic (exact) mass is 454 g/mol. The SMILES string of the molecule is CC(C)C(NC(=O)C1CCN(S(=O)(=O)c2ccc(F)c(F)c2)CC1)c1ccc(F)cc1. The van der Waals surface area contributed by atoms with Crippen LogP contribution >= 0.6 is 0 Å². The van der Waals surface area contributed by atoms with E-state index in [1.54, 1.807) is 12.1 Å². The molecule has 0 bridgehead atoms. The van der Waals surface area contributed by atoms with E-state index in [0.29, 0.717) is 18.9 Å². The number of piperidine rings is 1. The number of carbonyl (C=O) groups excluding carboxylic acids is 1. The molecule has 0 aliphatic carbocycles. The Kier molecular flexibility index (Phi) is 7.06. The Bertz CT molecular complexity index is 1030. The average molecular weight is 455 g/mol. The van der Waals surface area contributed by atoms with Gasteiger partial charge in [-0.05, 0) is 54.7 Å². The van der Waals surface area contributed by atoms with Crippen molar-refractivity contribution in [2.45, 2.75) is 37.6 Å². The number of rotatable bonds is 6. The maximum absolute atomic E-state index is 13.5. The van der Waals surface area contributed by atoms with Crippen molar-refractivity contribution in [2.24, 2.45) is 11.8 Å². The van der Waals surface area contributed by atoms with Crippen LogP contribution in [0.3, 0.4) is 0 Å². The second kappa shape index (κ2) is 9.40. The molecule has 1 unspecified atom stereocenters. The molecule has 1 atom stereocenters. The van der Waals surface area contributed by atoms with E-state index in [2.05, 4.69) is 5.32 Å². The van der Waals surface area contributed by atoms with E-state index >= 15 is 0 Å². The molecule has 31 heavy (non-hydrogen) atoms. The van der Waals surface area contributed by atoms with Crippen molar-refractivity contribution in [2.75, 3.05) is 13.1 Å². The van der Waals surface area contributed by atoms with E-state index in [-0.39, 0.29) is 47.6 Å². The molecule has 0 saturated carbocycles. The highest BCUT2D eigenvalue weighted by Gasteiger charge is 2.33. The van der Waals surface area contributed by atoms with E-state index in [1.807, 2.05) is 13.8 Å². The Hall–Kier alpha value is -2.39. The summed E-state index contributed by atoms with van der Waals surface area (Å²) in [4.78, 5) is 12.5. The van der Waals surface area contributed by atoms with Crippen LogP contribution in [0.15, 0.2) is 47.4 Å². The minimum atomic E-state index is -3.97. The molecule has 1 aliphatic rings. The number of amides is 1. The molecule has 1 N–H and O–H groups in total. The summed E-state index contributed by atoms with van der Waals surface area (Å²) >= 11 is 0. The first-order valence-corrected chi connectivity index (χ1v) is 11.5. The highest BCUT2D eigenvalue weighted by atomic mass is 32.2. The van der Waals surface area contributed by atoms with Gasteiger partial charge in [-0.2, -0.15) is 4.31 Å². The van der Waals surface area contributed by atoms with Crippen LogP contribution in [-0.2, 0) is 14.8 Å². The van der Waals surface area contributed by atoms with E-state index < -0.39 is 21.7 Å². The van der Waals surface area contributed by atoms with Crippen LogP contribution in [0.2, 0.25) is 0 Å². The minimum Gasteiger partial charge on any atom is -0.349 e. The van der Waals surface area contributed by atoms with Crippen molar-refractivity contribution in [3.8, 4) is 0 Å². The third-order valence-corrected chi connectivity index (χ3v) is 7.44. The molecular formula is C22H25F3N2O3S. The van der Waals surface area contributed by atoms with Crippen molar-refractivity contribution in [3.63, 3.8) is 0 Å². The summed E-state index contributed by atoms with van der Waals surface area (Å²) in [6, 6.07) is 8.15. The highest BCUT2D eigenvalue weighted by Crippen LogP contribution is 2.27. The number of halogens is 3. The Morgan fingerprint density at radius 2 is 1.61 bits per heavy atom. The van der Waals surface area contributed by atoms with Crippen molar-refractivity contribution >= 4 is 15.9 Å². The number of sulfonamides is 1. The largest absolute Gasteiger partial charge is 0.349 e. The maximum Gasteiger partial charge on any atom is 0.243 e. The summed E-state index contributed by atoms with van der Waals surface area (Å²) in [5.74, 6) is -3.19. The quantitative estimate of drug-likeness (QED) is 0.717. The van der Waals surface area contributed by atoms with Gasteiger partial charge in [0.2, 0.25) is 15.9 Å². The lowest BCUT2D eigenvalue weighted by Crippen LogP contribution is -2.44. The molecule has 2 aromatic rings. The first-order chi connectivity index (χ1) is 14.6. The van der Waals surface area contributed by atoms with Gasteiger partial charge in [0.1, 0.15) is 5.82 Å². The molecule has 168 valence electrons. The fourth-order valence-corrected chi connectivity index (χ4v) is 5.20. The summed E-state index contributed by atoms with van der Waals surface area (Å²) in [5, 5.41) is 3.00. The smallest absolute Gasteiger partial charge is 0.243 e. The number of benzene rings is 2. The zero-order chi connectivity index (χ0) is 22.8. The summed E-state index contributed by atoms with van der Waals surface area (Å²) in [5.41, 5.74) is 0.795. The predicted molar refractivity (Wildman–Crippen MR) is 110 cm³/mol. The number of nitrogens with zero attached hydrogens (tertiary/aromatic N) is 1. The van der Waals surface area contributed by atoms with Gasteiger partial charge in [0.15, 0.2) is 11.6 Å². The fraction of sp³-hybridized carbons (Fsp3) is 0.409. The number of nitrogens with one attached hydrogen (secondary N) is 1. The van der Waals surface area contributed by atoms with Crippen LogP contribution in [0, 0.1) is 29.3 Å². The second-order valence-corrected chi connectivity index (χ2v) is 9.97. The van der Waals surface area contributed by atoms with Gasteiger partial charge in [0, 0.05) is 19.0 Å². The summed E-state index contributed by atoms with van der Waals surface area (Å²) < 4.78 is 66.4. The van der Waals surface area contributed by atoms with Gasteiger partial charge in [0.05, 0.1) is 10.9 Å². The second-order valence-electron chi connectivity index (χ2n) is 8.04. The standard InChI is InChI=1S/C22H25F3N2O3S/c1-14(2)21(15-3-5-17(23)6-4-15)26-22(28)16-9-11-27(12-10-16)31(29,30)18-7-8-19(24)20(25)13-18/h3-8,13-14,16,21H,9-12H2,1-2H3,(H,26,28). The van der Waals surface area contributed by atoms with Crippen molar-refractivity contribution in [1.82, 2.24) is 9.62 Å². The van der Waals surface area contributed by atoms with E-state index in [0.717, 1.165) is 17.7 Å². The molecular weight excluding hydrogens is 429 g/mol. The topological polar surface area (TPSA) is 66.5 Å². The van der Waals surface area contributed by atoms with Crippen LogP contribution in [0.5, 0.6) is 0 Å². The average Bonchev–Trinajstić information content (AvgIpc) is 2.74. The molecule has 1 fully saturated rings. The highest BCUT2D eigenvalue weighted by molar-refractivity contribution is 7.89. The van der Waals surface area contributed by atoms with Gasteiger partial charge >= 0.3 is 0 Å². The first-order valence-electron chi connectivity index (χ1n) is 10.1. The molecule has 0 spiro atoms. The molecule has 1 saturated heterocycles. The first kappa shape index (κ1) is 23.3. The number of carbonyl (C=O) groups is 1. The Morgan fingerprint density at radius 1 is 1.00 bits per heavy atom. The van der Waals surface area contributed by atoms with Crippen molar-refractivity contribution < 1.29 is 26.4 Å². The van der Waals surface area contributed by atoms with Gasteiger partial charge in [-0.1, -0.05) is 26.0 Å². The molecule has 9 heteroatoms. The summed E-state index contributed by atoms with van der Waals surface area (Å²) in [6.07, 6.45) is 0.617. The van der Waals surface area contributed by atoms with E-state index in [4.69, 9.17) is 0 Å². The zero-order valence-corrected chi connectivity index (χ0v) is 18.1. The molecule has 0 aromatic heterocycles. The van der Waals surface area contributed by atoms with Gasteiger partial charge in [0.25, 0.3) is 0 Å².